The molecule has 0 bridgehead atoms. The number of rotatable bonds is 0. The van der Waals surface area contributed by atoms with Gasteiger partial charge >= 0.3 is 12.4 Å². The first-order chi connectivity index (χ1) is 6.07. The van der Waals surface area contributed by atoms with Gasteiger partial charge in [-0.2, -0.15) is 26.3 Å². The third kappa shape index (κ3) is 5.08. The third-order valence-electron chi connectivity index (χ3n) is 1.00. The zero-order valence-corrected chi connectivity index (χ0v) is 7.65. The summed E-state index contributed by atoms with van der Waals surface area (Å²) in [6, 6.07) is 0. The number of halogens is 7. The molecule has 86 valence electrons. The van der Waals surface area contributed by atoms with Gasteiger partial charge < -0.3 is 0 Å². The van der Waals surface area contributed by atoms with Crippen molar-refractivity contribution >= 4 is 0 Å². The van der Waals surface area contributed by atoms with Gasteiger partial charge in [-0.1, -0.05) is 13.8 Å². The van der Waals surface area contributed by atoms with Gasteiger partial charge in [0.25, 0.3) is 0 Å². The maximum absolute atomic E-state index is 11.8. The molecule has 0 aromatic heterocycles. The number of allylic oxidation sites excluding steroid dienone is 2. The molecule has 0 radical (unpaired) electrons. The second-order valence-corrected chi connectivity index (χ2v) is 1.93. The largest absolute Gasteiger partial charge is 0.443 e. The molecule has 0 rings (SSSR count). The van der Waals surface area contributed by atoms with Crippen LogP contribution in [-0.2, 0) is 0 Å². The predicted octanol–water partition coefficient (Wildman–Crippen LogP) is 4.38. The molecule has 0 aromatic rings. The van der Waals surface area contributed by atoms with E-state index in [9.17, 15) is 30.7 Å². The van der Waals surface area contributed by atoms with Crippen molar-refractivity contribution in [1.29, 1.82) is 0 Å². The molecule has 0 aliphatic carbocycles. The van der Waals surface area contributed by atoms with E-state index in [1.807, 2.05) is 13.8 Å². The van der Waals surface area contributed by atoms with E-state index in [2.05, 4.69) is 0 Å². The highest BCUT2D eigenvalue weighted by Gasteiger charge is 2.44. The molecule has 0 unspecified atom stereocenters. The molecular weight excluding hydrogens is 217 g/mol. The van der Waals surface area contributed by atoms with Crippen LogP contribution in [0.15, 0.2) is 11.4 Å². The van der Waals surface area contributed by atoms with Crippen LogP contribution in [0.5, 0.6) is 0 Å². The quantitative estimate of drug-likeness (QED) is 0.537. The zero-order chi connectivity index (χ0) is 12.2. The summed E-state index contributed by atoms with van der Waals surface area (Å²) in [5, 5.41) is 0. The first-order valence-electron chi connectivity index (χ1n) is 3.57. The first-order valence-corrected chi connectivity index (χ1v) is 3.57. The van der Waals surface area contributed by atoms with E-state index >= 15 is 0 Å². The van der Waals surface area contributed by atoms with E-state index in [0.717, 1.165) is 0 Å². The van der Waals surface area contributed by atoms with E-state index in [4.69, 9.17) is 0 Å². The van der Waals surface area contributed by atoms with Crippen LogP contribution in [0.25, 0.3) is 0 Å². The highest BCUT2D eigenvalue weighted by atomic mass is 19.4. The van der Waals surface area contributed by atoms with Crippen molar-refractivity contribution in [3.05, 3.63) is 11.4 Å². The Hall–Kier alpha value is -0.750. The van der Waals surface area contributed by atoms with Gasteiger partial charge in [-0.3, -0.25) is 0 Å². The lowest BCUT2D eigenvalue weighted by Gasteiger charge is -2.10. The molecule has 0 aliphatic rings. The molecule has 0 aliphatic heterocycles. The van der Waals surface area contributed by atoms with Crippen LogP contribution in [0.3, 0.4) is 0 Å². The lowest BCUT2D eigenvalue weighted by atomic mass is 10.2. The van der Waals surface area contributed by atoms with E-state index < -0.39 is 23.8 Å². The Morgan fingerprint density at radius 1 is 0.786 bits per heavy atom. The van der Waals surface area contributed by atoms with Gasteiger partial charge in [-0.05, 0) is 6.92 Å². The Kier molecular flexibility index (Phi) is 5.85. The molecule has 14 heavy (non-hydrogen) atoms. The Bertz CT molecular complexity index is 173. The lowest BCUT2D eigenvalue weighted by Crippen LogP contribution is -2.18. The summed E-state index contributed by atoms with van der Waals surface area (Å²) < 4.78 is 80.0. The second-order valence-electron chi connectivity index (χ2n) is 1.93. The van der Waals surface area contributed by atoms with Crippen molar-refractivity contribution in [2.75, 3.05) is 0 Å². The summed E-state index contributed by atoms with van der Waals surface area (Å²) >= 11 is 0. The SMILES string of the molecule is C/C(=C(\F)C(F)(F)F)C(F)(F)F.CC. The van der Waals surface area contributed by atoms with Crippen LogP contribution >= 0.6 is 0 Å². The monoisotopic (exact) mass is 226 g/mol. The maximum Gasteiger partial charge on any atom is 0.443 e. The van der Waals surface area contributed by atoms with Crippen LogP contribution < -0.4 is 0 Å². The number of alkyl halides is 6. The normalized spacial score (nSPS) is 14.1. The Labute approximate surface area is 76.4 Å². The van der Waals surface area contributed by atoms with Crippen LogP contribution in [0.2, 0.25) is 0 Å². The third-order valence-corrected chi connectivity index (χ3v) is 1.00. The van der Waals surface area contributed by atoms with E-state index in [1.54, 1.807) is 0 Å². The summed E-state index contributed by atoms with van der Waals surface area (Å²) in [4.78, 5) is 0. The van der Waals surface area contributed by atoms with E-state index in [1.165, 1.54) is 0 Å². The van der Waals surface area contributed by atoms with Gasteiger partial charge in [-0.15, -0.1) is 0 Å². The average Bonchev–Trinajstić information content (AvgIpc) is 2.02. The Morgan fingerprint density at radius 3 is 1.14 bits per heavy atom. The molecule has 0 heterocycles. The molecule has 0 fully saturated rings. The lowest BCUT2D eigenvalue weighted by molar-refractivity contribution is -0.128. The summed E-state index contributed by atoms with van der Waals surface area (Å²) in [7, 11) is 0. The van der Waals surface area contributed by atoms with Crippen LogP contribution in [-0.4, -0.2) is 12.4 Å². The average molecular weight is 226 g/mol. The fraction of sp³-hybridized carbons (Fsp3) is 0.714. The topological polar surface area (TPSA) is 0 Å². The van der Waals surface area contributed by atoms with Crippen LogP contribution in [0, 0.1) is 0 Å². The molecular formula is C7H9F7. The Morgan fingerprint density at radius 2 is 1.07 bits per heavy atom. The van der Waals surface area contributed by atoms with Gasteiger partial charge in [0.2, 0.25) is 5.83 Å². The fourth-order valence-corrected chi connectivity index (χ4v) is 0.337. The first kappa shape index (κ1) is 15.7. The molecule has 0 nitrogen and oxygen atoms in total. The van der Waals surface area contributed by atoms with Gasteiger partial charge in [0.05, 0.1) is 5.57 Å². The zero-order valence-electron chi connectivity index (χ0n) is 7.65. The van der Waals surface area contributed by atoms with Crippen molar-refractivity contribution < 1.29 is 30.7 Å². The molecule has 7 heteroatoms. The fourth-order valence-electron chi connectivity index (χ4n) is 0.337. The summed E-state index contributed by atoms with van der Waals surface area (Å²) in [5.74, 6) is -3.10. The molecule has 0 saturated carbocycles. The summed E-state index contributed by atoms with van der Waals surface area (Å²) in [5.41, 5.74) is -2.27. The van der Waals surface area contributed by atoms with Crippen LogP contribution in [0.1, 0.15) is 20.8 Å². The van der Waals surface area contributed by atoms with Crippen molar-refractivity contribution in [1.82, 2.24) is 0 Å². The molecule has 0 spiro atoms. The minimum Gasteiger partial charge on any atom is -0.201 e. The van der Waals surface area contributed by atoms with Gasteiger partial charge in [-0.25, -0.2) is 4.39 Å². The van der Waals surface area contributed by atoms with Crippen LogP contribution in [0.4, 0.5) is 30.7 Å². The minimum absolute atomic E-state index is 0.0306. The van der Waals surface area contributed by atoms with Crippen molar-refractivity contribution in [2.24, 2.45) is 0 Å². The predicted molar refractivity (Wildman–Crippen MR) is 37.3 cm³/mol. The standard InChI is InChI=1S/C5H3F7.C2H6/c1-2(4(7,8)9)3(6)5(10,11)12;1-2/h1H3;1-2H3/b3-2+;. The minimum atomic E-state index is -5.57. The van der Waals surface area contributed by atoms with E-state index in [0.29, 0.717) is 0 Å². The molecule has 0 atom stereocenters. The van der Waals surface area contributed by atoms with Gasteiger partial charge in [0.15, 0.2) is 0 Å². The van der Waals surface area contributed by atoms with Crippen molar-refractivity contribution in [3.63, 3.8) is 0 Å². The second kappa shape index (κ2) is 5.21. The molecule has 0 saturated heterocycles. The highest BCUT2D eigenvalue weighted by molar-refractivity contribution is 5.14. The van der Waals surface area contributed by atoms with Gasteiger partial charge in [0.1, 0.15) is 0 Å². The van der Waals surface area contributed by atoms with Gasteiger partial charge in [0, 0.05) is 0 Å². The van der Waals surface area contributed by atoms with Crippen molar-refractivity contribution in [2.45, 2.75) is 33.1 Å². The molecule has 0 amide bonds. The van der Waals surface area contributed by atoms with Crippen molar-refractivity contribution in [3.8, 4) is 0 Å². The van der Waals surface area contributed by atoms with E-state index in [-0.39, 0.29) is 6.92 Å². The highest BCUT2D eigenvalue weighted by Crippen LogP contribution is 2.36. The Balaban J connectivity index is 0. The summed E-state index contributed by atoms with van der Waals surface area (Å²) in [6.45, 7) is 4.03. The molecule has 0 N–H and O–H groups in total. The number of hydrogen-bond acceptors (Lipinski definition) is 0. The smallest absolute Gasteiger partial charge is 0.201 e. The molecule has 0 aromatic carbocycles. The maximum atomic E-state index is 11.8. The summed E-state index contributed by atoms with van der Waals surface area (Å²) in [6.07, 6.45) is -10.8. The number of hydrogen-bond donors (Lipinski definition) is 0.